The second-order valence-corrected chi connectivity index (χ2v) is 20.3. The van der Waals surface area contributed by atoms with Gasteiger partial charge in [-0.25, -0.2) is 0 Å². The fourth-order valence-electron chi connectivity index (χ4n) is 7.82. The van der Waals surface area contributed by atoms with Gasteiger partial charge in [0.15, 0.2) is 12.6 Å². The van der Waals surface area contributed by atoms with E-state index in [-0.39, 0.29) is 12.6 Å². The highest BCUT2D eigenvalue weighted by molar-refractivity contribution is 14.1. The molecular formula is C44H72I2O3. The van der Waals surface area contributed by atoms with Crippen molar-refractivity contribution in [2.24, 2.45) is 35.5 Å². The second kappa shape index (κ2) is 26.5. The molecule has 0 aliphatic heterocycles. The van der Waals surface area contributed by atoms with E-state index >= 15 is 0 Å². The summed E-state index contributed by atoms with van der Waals surface area (Å²) < 4.78 is 21.3. The third-order valence-electron chi connectivity index (χ3n) is 9.81. The average molecular weight is 903 g/mol. The summed E-state index contributed by atoms with van der Waals surface area (Å²) in [5.74, 6) is 4.55. The van der Waals surface area contributed by atoms with Crippen LogP contribution in [-0.2, 0) is 27.4 Å². The zero-order chi connectivity index (χ0) is 36.0. The Morgan fingerprint density at radius 3 is 1.10 bits per heavy atom. The van der Waals surface area contributed by atoms with Crippen LogP contribution in [-0.4, -0.2) is 20.4 Å². The van der Waals surface area contributed by atoms with E-state index in [1.807, 2.05) is 0 Å². The van der Waals surface area contributed by atoms with Crippen molar-refractivity contribution in [2.45, 2.75) is 166 Å². The molecule has 0 N–H and O–H groups in total. The van der Waals surface area contributed by atoms with Crippen molar-refractivity contribution in [1.29, 1.82) is 0 Å². The lowest BCUT2D eigenvalue weighted by molar-refractivity contribution is -0.257. The first-order valence-corrected chi connectivity index (χ1v) is 22.1. The quantitative estimate of drug-likeness (QED) is 0.0484. The summed E-state index contributed by atoms with van der Waals surface area (Å²) in [5, 5.41) is 0. The maximum absolute atomic E-state index is 6.75. The van der Waals surface area contributed by atoms with Crippen molar-refractivity contribution in [3.8, 4) is 0 Å². The highest BCUT2D eigenvalue weighted by Gasteiger charge is 2.21. The lowest BCUT2D eigenvalue weighted by atomic mass is 9.86. The van der Waals surface area contributed by atoms with E-state index in [4.69, 9.17) is 14.2 Å². The van der Waals surface area contributed by atoms with Crippen LogP contribution in [0.3, 0.4) is 0 Å². The molecule has 0 aliphatic carbocycles. The predicted molar refractivity (Wildman–Crippen MR) is 228 cm³/mol. The lowest BCUT2D eigenvalue weighted by Gasteiger charge is -2.27. The third kappa shape index (κ3) is 23.1. The molecule has 2 rings (SSSR count). The van der Waals surface area contributed by atoms with Gasteiger partial charge in [-0.1, -0.05) is 174 Å². The van der Waals surface area contributed by atoms with Crippen molar-refractivity contribution < 1.29 is 14.2 Å². The molecule has 0 bridgehead atoms. The maximum atomic E-state index is 6.75. The van der Waals surface area contributed by atoms with Crippen LogP contribution in [0.15, 0.2) is 60.7 Å². The number of alkyl halides is 2. The normalized spacial score (nSPS) is 18.2. The molecular weight excluding hydrogens is 830 g/mol. The Morgan fingerprint density at radius 2 is 0.755 bits per heavy atom. The van der Waals surface area contributed by atoms with Crippen molar-refractivity contribution in [3.05, 3.63) is 71.8 Å². The minimum atomic E-state index is -0.282. The van der Waals surface area contributed by atoms with Gasteiger partial charge >= 0.3 is 0 Å². The molecule has 2 aromatic rings. The van der Waals surface area contributed by atoms with Crippen LogP contribution in [0.25, 0.3) is 0 Å². The molecule has 280 valence electrons. The standard InChI is InChI=1S/C44H72I2O3/c1-33(25-35(3)27-37(5)29-39(7)45)17-15-23-43(47-31-41-19-11-9-12-20-41)49-44(48-32-42-21-13-10-14-22-42)24-16-18-34(2)26-36(4)28-38(6)30-40(8)46/h9-14,19-22,33-40,43-44H,15-18,23-32H2,1-8H3. The van der Waals surface area contributed by atoms with Gasteiger partial charge in [-0.2, -0.15) is 0 Å². The summed E-state index contributed by atoms with van der Waals surface area (Å²) in [6, 6.07) is 21.0. The molecule has 10 unspecified atom stereocenters. The molecule has 0 heterocycles. The van der Waals surface area contributed by atoms with Gasteiger partial charge in [0, 0.05) is 7.85 Å². The Labute approximate surface area is 330 Å². The van der Waals surface area contributed by atoms with Crippen molar-refractivity contribution >= 4 is 45.2 Å². The van der Waals surface area contributed by atoms with Crippen LogP contribution < -0.4 is 0 Å². The lowest BCUT2D eigenvalue weighted by Crippen LogP contribution is -2.27. The minimum absolute atomic E-state index is 0.282. The highest BCUT2D eigenvalue weighted by atomic mass is 127. The van der Waals surface area contributed by atoms with Crippen LogP contribution >= 0.6 is 45.2 Å². The first-order valence-electron chi connectivity index (χ1n) is 19.6. The SMILES string of the molecule is CC(I)CC(C)CC(C)CC(C)CCCC(OCc1ccccc1)OC(CCCC(C)CC(C)CC(C)CC(C)I)OCc1ccccc1. The Kier molecular flexibility index (Phi) is 24.3. The molecule has 0 radical (unpaired) electrons. The van der Waals surface area contributed by atoms with Crippen molar-refractivity contribution in [3.63, 3.8) is 0 Å². The van der Waals surface area contributed by atoms with Gasteiger partial charge in [-0.05, 0) is 111 Å². The highest BCUT2D eigenvalue weighted by Crippen LogP contribution is 2.29. The molecule has 0 saturated carbocycles. The van der Waals surface area contributed by atoms with Crippen molar-refractivity contribution in [1.82, 2.24) is 0 Å². The predicted octanol–water partition coefficient (Wildman–Crippen LogP) is 14.2. The van der Waals surface area contributed by atoms with Crippen LogP contribution in [0, 0.1) is 35.5 Å². The van der Waals surface area contributed by atoms with Gasteiger partial charge in [0.05, 0.1) is 13.2 Å². The molecule has 10 atom stereocenters. The summed E-state index contributed by atoms with van der Waals surface area (Å²) in [5.41, 5.74) is 2.36. The molecule has 5 heteroatoms. The Morgan fingerprint density at radius 1 is 0.429 bits per heavy atom. The molecule has 0 aromatic heterocycles. The summed E-state index contributed by atoms with van der Waals surface area (Å²) >= 11 is 5.13. The Hall–Kier alpha value is -0.220. The number of hydrogen-bond acceptors (Lipinski definition) is 3. The second-order valence-electron chi connectivity index (χ2n) is 16.1. The monoisotopic (exact) mass is 902 g/mol. The number of ether oxygens (including phenoxy) is 3. The summed E-state index contributed by atoms with van der Waals surface area (Å²) in [6.45, 7) is 20.4. The fraction of sp³-hybridized carbons (Fsp3) is 0.727. The molecule has 2 aromatic carbocycles. The average Bonchev–Trinajstić information content (AvgIpc) is 3.02. The van der Waals surface area contributed by atoms with Gasteiger partial charge in [0.2, 0.25) is 0 Å². The zero-order valence-electron chi connectivity index (χ0n) is 32.4. The van der Waals surface area contributed by atoms with E-state index in [1.165, 1.54) is 62.5 Å². The number of rotatable bonds is 28. The van der Waals surface area contributed by atoms with E-state index in [2.05, 4.69) is 161 Å². The van der Waals surface area contributed by atoms with E-state index in [0.29, 0.717) is 25.0 Å². The van der Waals surface area contributed by atoms with Crippen LogP contribution in [0.5, 0.6) is 0 Å². The smallest absolute Gasteiger partial charge is 0.161 e. The zero-order valence-corrected chi connectivity index (χ0v) is 36.7. The molecule has 0 spiro atoms. The van der Waals surface area contributed by atoms with Crippen LogP contribution in [0.2, 0.25) is 0 Å². The molecule has 0 saturated heterocycles. The van der Waals surface area contributed by atoms with Gasteiger partial charge in [-0.3, -0.25) is 0 Å². The summed E-state index contributed by atoms with van der Waals surface area (Å²) in [4.78, 5) is 0. The summed E-state index contributed by atoms with van der Waals surface area (Å²) in [7, 11) is 0. The molecule has 0 aliphatic rings. The topological polar surface area (TPSA) is 27.7 Å². The van der Waals surface area contributed by atoms with E-state index < -0.39 is 0 Å². The molecule has 0 amide bonds. The number of hydrogen-bond donors (Lipinski definition) is 0. The minimum Gasteiger partial charge on any atom is -0.348 e. The largest absolute Gasteiger partial charge is 0.348 e. The van der Waals surface area contributed by atoms with Gasteiger partial charge < -0.3 is 14.2 Å². The van der Waals surface area contributed by atoms with E-state index in [1.54, 1.807) is 0 Å². The molecule has 0 fully saturated rings. The Balaban J connectivity index is 1.98. The van der Waals surface area contributed by atoms with Crippen LogP contribution in [0.1, 0.15) is 144 Å². The Bertz CT molecular complexity index is 965. The maximum Gasteiger partial charge on any atom is 0.161 e. The first-order chi connectivity index (χ1) is 23.4. The van der Waals surface area contributed by atoms with Gasteiger partial charge in [0.25, 0.3) is 0 Å². The fourth-order valence-corrected chi connectivity index (χ4v) is 9.56. The van der Waals surface area contributed by atoms with Gasteiger partial charge in [-0.15, -0.1) is 0 Å². The van der Waals surface area contributed by atoms with Gasteiger partial charge in [0.1, 0.15) is 0 Å². The van der Waals surface area contributed by atoms with Crippen LogP contribution in [0.4, 0.5) is 0 Å². The molecule has 3 nitrogen and oxygen atoms in total. The van der Waals surface area contributed by atoms with E-state index in [9.17, 15) is 0 Å². The molecule has 49 heavy (non-hydrogen) atoms. The third-order valence-corrected chi connectivity index (χ3v) is 10.8. The van der Waals surface area contributed by atoms with E-state index in [0.717, 1.165) is 57.2 Å². The van der Waals surface area contributed by atoms with Crippen molar-refractivity contribution in [2.75, 3.05) is 0 Å². The summed E-state index contributed by atoms with van der Waals surface area (Å²) in [6.07, 6.45) is 13.7. The first kappa shape index (κ1) is 44.9. The number of halogens is 2. The number of benzene rings is 2.